The molecule has 0 aliphatic rings. The van der Waals surface area contributed by atoms with E-state index in [1.807, 2.05) is 0 Å². The molecule has 0 aromatic heterocycles. The second kappa shape index (κ2) is 7.67. The molecule has 0 spiro atoms. The molecule has 0 aliphatic heterocycles. The fraction of sp³-hybridized carbons (Fsp3) is 0.889. The minimum Gasteiger partial charge on any atom is -0.385 e. The van der Waals surface area contributed by atoms with Gasteiger partial charge in [-0.15, -0.1) is 0 Å². The van der Waals surface area contributed by atoms with Gasteiger partial charge in [-0.3, -0.25) is 0 Å². The summed E-state index contributed by atoms with van der Waals surface area (Å²) in [7, 11) is 1.57. The van der Waals surface area contributed by atoms with Crippen LogP contribution in [0.4, 0.5) is 13.2 Å². The summed E-state index contributed by atoms with van der Waals surface area (Å²) >= 11 is 4.87. The van der Waals surface area contributed by atoms with Gasteiger partial charge in [0.2, 0.25) is 0 Å². The first-order valence-electron chi connectivity index (χ1n) is 4.99. The highest BCUT2D eigenvalue weighted by molar-refractivity contribution is 7.80. The van der Waals surface area contributed by atoms with E-state index >= 15 is 0 Å². The van der Waals surface area contributed by atoms with Gasteiger partial charge in [-0.25, -0.2) is 0 Å². The van der Waals surface area contributed by atoms with E-state index in [9.17, 15) is 13.2 Å². The van der Waals surface area contributed by atoms with Crippen molar-refractivity contribution < 1.29 is 17.9 Å². The number of ether oxygens (including phenoxy) is 1. The zero-order chi connectivity index (χ0) is 12.6. The number of nitrogens with zero attached hydrogens (tertiary/aromatic N) is 1. The summed E-state index contributed by atoms with van der Waals surface area (Å²) in [6, 6.07) is 0. The van der Waals surface area contributed by atoms with Crippen LogP contribution in [0.25, 0.3) is 0 Å². The lowest BCUT2D eigenvalue weighted by Gasteiger charge is -2.25. The Bertz CT molecular complexity index is 211. The van der Waals surface area contributed by atoms with E-state index in [0.717, 1.165) is 4.90 Å². The molecule has 0 unspecified atom stereocenters. The number of methoxy groups -OCH3 is 1. The van der Waals surface area contributed by atoms with Crippen molar-refractivity contribution in [3.8, 4) is 0 Å². The van der Waals surface area contributed by atoms with Gasteiger partial charge in [-0.1, -0.05) is 0 Å². The standard InChI is InChI=1S/C9H17F3N2OS/c1-3-14(7-9(10,11)12)8(16)13-5-4-6-15-2/h3-7H2,1-2H3,(H,13,16). The molecule has 0 atom stereocenters. The molecule has 1 N–H and O–H groups in total. The lowest BCUT2D eigenvalue weighted by Crippen LogP contribution is -2.44. The van der Waals surface area contributed by atoms with Crippen LogP contribution in [0, 0.1) is 0 Å². The average Bonchev–Trinajstić information content (AvgIpc) is 2.19. The molecule has 0 heterocycles. The summed E-state index contributed by atoms with van der Waals surface area (Å²) in [5.41, 5.74) is 0. The Morgan fingerprint density at radius 1 is 1.44 bits per heavy atom. The monoisotopic (exact) mass is 258 g/mol. The summed E-state index contributed by atoms with van der Waals surface area (Å²) in [4.78, 5) is 1.09. The number of halogens is 3. The van der Waals surface area contributed by atoms with E-state index in [1.165, 1.54) is 0 Å². The molecule has 0 fully saturated rings. The van der Waals surface area contributed by atoms with E-state index in [4.69, 9.17) is 17.0 Å². The van der Waals surface area contributed by atoms with Gasteiger partial charge in [0.1, 0.15) is 6.54 Å². The maximum atomic E-state index is 12.1. The van der Waals surface area contributed by atoms with Crippen LogP contribution in [0.15, 0.2) is 0 Å². The van der Waals surface area contributed by atoms with Gasteiger partial charge in [0.15, 0.2) is 5.11 Å². The van der Waals surface area contributed by atoms with Crippen molar-refractivity contribution in [3.63, 3.8) is 0 Å². The van der Waals surface area contributed by atoms with Gasteiger partial charge in [-0.2, -0.15) is 13.2 Å². The third kappa shape index (κ3) is 7.70. The summed E-state index contributed by atoms with van der Waals surface area (Å²) in [5, 5.41) is 2.90. The van der Waals surface area contributed by atoms with Crippen LogP contribution in [-0.4, -0.2) is 49.5 Å². The second-order valence-electron chi connectivity index (χ2n) is 3.21. The lowest BCUT2D eigenvalue weighted by molar-refractivity contribution is -0.137. The Kier molecular flexibility index (Phi) is 7.40. The Morgan fingerprint density at radius 3 is 2.50 bits per heavy atom. The van der Waals surface area contributed by atoms with E-state index < -0.39 is 12.7 Å². The van der Waals surface area contributed by atoms with Crippen LogP contribution in [0.5, 0.6) is 0 Å². The van der Waals surface area contributed by atoms with Crippen molar-refractivity contribution in [3.05, 3.63) is 0 Å². The fourth-order valence-corrected chi connectivity index (χ4v) is 1.36. The number of hydrogen-bond donors (Lipinski definition) is 1. The molecule has 0 bridgehead atoms. The van der Waals surface area contributed by atoms with Crippen molar-refractivity contribution in [2.45, 2.75) is 19.5 Å². The van der Waals surface area contributed by atoms with Crippen molar-refractivity contribution in [1.29, 1.82) is 0 Å². The summed E-state index contributed by atoms with van der Waals surface area (Å²) < 4.78 is 41.3. The molecule has 0 aromatic rings. The van der Waals surface area contributed by atoms with Crippen LogP contribution in [-0.2, 0) is 4.74 Å². The average molecular weight is 258 g/mol. The van der Waals surface area contributed by atoms with Crippen molar-refractivity contribution in [2.24, 2.45) is 0 Å². The minimum absolute atomic E-state index is 0.135. The molecule has 0 rings (SSSR count). The first-order chi connectivity index (χ1) is 7.40. The largest absolute Gasteiger partial charge is 0.406 e. The van der Waals surface area contributed by atoms with Crippen molar-refractivity contribution in [1.82, 2.24) is 10.2 Å². The SMILES string of the molecule is CCN(CC(F)(F)F)C(=S)NCCCOC. The smallest absolute Gasteiger partial charge is 0.385 e. The third-order valence-corrected chi connectivity index (χ3v) is 2.24. The van der Waals surface area contributed by atoms with Gasteiger partial charge < -0.3 is 15.0 Å². The minimum atomic E-state index is -4.23. The number of hydrogen-bond acceptors (Lipinski definition) is 2. The second-order valence-corrected chi connectivity index (χ2v) is 3.59. The highest BCUT2D eigenvalue weighted by Crippen LogP contribution is 2.16. The number of alkyl halides is 3. The summed E-state index contributed by atoms with van der Waals surface area (Å²) in [6.45, 7) is 1.92. The quantitative estimate of drug-likeness (QED) is 0.580. The predicted octanol–water partition coefficient (Wildman–Crippen LogP) is 1.78. The van der Waals surface area contributed by atoms with E-state index in [0.29, 0.717) is 19.6 Å². The zero-order valence-corrected chi connectivity index (χ0v) is 10.2. The maximum Gasteiger partial charge on any atom is 0.406 e. The molecular formula is C9H17F3N2OS. The summed E-state index contributed by atoms with van der Waals surface area (Å²) in [6.07, 6.45) is -3.52. The maximum absolute atomic E-state index is 12.1. The Morgan fingerprint density at radius 2 is 2.06 bits per heavy atom. The van der Waals surface area contributed by atoms with Gasteiger partial charge in [0.05, 0.1) is 0 Å². The zero-order valence-electron chi connectivity index (χ0n) is 9.43. The predicted molar refractivity (Wildman–Crippen MR) is 60.4 cm³/mol. The molecule has 7 heteroatoms. The van der Waals surface area contributed by atoms with Crippen LogP contribution < -0.4 is 5.32 Å². The van der Waals surface area contributed by atoms with Crippen LogP contribution in [0.1, 0.15) is 13.3 Å². The highest BCUT2D eigenvalue weighted by Gasteiger charge is 2.31. The number of rotatable bonds is 6. The molecule has 0 aromatic carbocycles. The van der Waals surface area contributed by atoms with Crippen LogP contribution >= 0.6 is 12.2 Å². The van der Waals surface area contributed by atoms with Gasteiger partial charge in [0.25, 0.3) is 0 Å². The molecule has 0 aliphatic carbocycles. The molecule has 0 radical (unpaired) electrons. The lowest BCUT2D eigenvalue weighted by atomic mass is 10.4. The van der Waals surface area contributed by atoms with Crippen LogP contribution in [0.2, 0.25) is 0 Å². The molecule has 16 heavy (non-hydrogen) atoms. The highest BCUT2D eigenvalue weighted by atomic mass is 32.1. The number of nitrogens with one attached hydrogen (secondary N) is 1. The topological polar surface area (TPSA) is 24.5 Å². The van der Waals surface area contributed by atoms with E-state index in [-0.39, 0.29) is 11.7 Å². The molecule has 3 nitrogen and oxygen atoms in total. The van der Waals surface area contributed by atoms with Gasteiger partial charge >= 0.3 is 6.18 Å². The third-order valence-electron chi connectivity index (χ3n) is 1.84. The molecule has 0 saturated heterocycles. The first-order valence-corrected chi connectivity index (χ1v) is 5.40. The Balaban J connectivity index is 3.92. The van der Waals surface area contributed by atoms with Crippen molar-refractivity contribution in [2.75, 3.05) is 33.4 Å². The molecule has 0 saturated carbocycles. The fourth-order valence-electron chi connectivity index (χ4n) is 1.07. The van der Waals surface area contributed by atoms with Gasteiger partial charge in [0, 0.05) is 26.8 Å². The molecular weight excluding hydrogens is 241 g/mol. The van der Waals surface area contributed by atoms with E-state index in [1.54, 1.807) is 14.0 Å². The van der Waals surface area contributed by atoms with Crippen molar-refractivity contribution >= 4 is 17.3 Å². The number of thiocarbonyl (C=S) groups is 1. The normalized spacial score (nSPS) is 11.3. The Labute approximate surface area is 98.9 Å². The first kappa shape index (κ1) is 15.4. The molecule has 96 valence electrons. The Hall–Kier alpha value is -0.560. The van der Waals surface area contributed by atoms with Crippen LogP contribution in [0.3, 0.4) is 0 Å². The molecule has 0 amide bonds. The van der Waals surface area contributed by atoms with Gasteiger partial charge in [-0.05, 0) is 25.6 Å². The van der Waals surface area contributed by atoms with E-state index in [2.05, 4.69) is 5.32 Å². The summed E-state index contributed by atoms with van der Waals surface area (Å²) in [5.74, 6) is 0.